The van der Waals surface area contributed by atoms with Crippen LogP contribution in [0.2, 0.25) is 0 Å². The number of aryl methyl sites for hydroxylation is 2. The first-order valence-corrected chi connectivity index (χ1v) is 5.70. The monoisotopic (exact) mass is 220 g/mol. The number of benzene rings is 1. The van der Waals surface area contributed by atoms with Crippen molar-refractivity contribution in [3.8, 4) is 0 Å². The van der Waals surface area contributed by atoms with Gasteiger partial charge in [0.25, 0.3) is 0 Å². The van der Waals surface area contributed by atoms with Crippen molar-refractivity contribution in [2.75, 3.05) is 0 Å². The van der Waals surface area contributed by atoms with E-state index in [1.807, 2.05) is 26.0 Å². The first-order chi connectivity index (χ1) is 7.13. The van der Waals surface area contributed by atoms with Crippen molar-refractivity contribution >= 4 is 27.4 Å². The van der Waals surface area contributed by atoms with Gasteiger partial charge in [-0.25, -0.2) is 4.79 Å². The Morgan fingerprint density at radius 1 is 1.47 bits per heavy atom. The highest BCUT2D eigenvalue weighted by Crippen LogP contribution is 2.32. The molecule has 0 aliphatic carbocycles. The number of rotatable bonds is 2. The molecule has 0 radical (unpaired) electrons. The molecule has 2 nitrogen and oxygen atoms in total. The van der Waals surface area contributed by atoms with Gasteiger partial charge in [0, 0.05) is 4.70 Å². The van der Waals surface area contributed by atoms with Gasteiger partial charge in [-0.2, -0.15) is 0 Å². The van der Waals surface area contributed by atoms with Gasteiger partial charge in [0.05, 0.1) is 0 Å². The van der Waals surface area contributed by atoms with Gasteiger partial charge in [-0.15, -0.1) is 11.3 Å². The number of aromatic carboxylic acids is 1. The van der Waals surface area contributed by atoms with Crippen LogP contribution in [-0.2, 0) is 6.42 Å². The number of carboxylic acids is 1. The Balaban J connectivity index is 2.79. The lowest BCUT2D eigenvalue weighted by atomic mass is 10.1. The summed E-state index contributed by atoms with van der Waals surface area (Å²) in [5.74, 6) is -0.814. The van der Waals surface area contributed by atoms with Gasteiger partial charge in [0.15, 0.2) is 0 Å². The van der Waals surface area contributed by atoms with Crippen LogP contribution < -0.4 is 0 Å². The minimum absolute atomic E-state index is 0.484. The van der Waals surface area contributed by atoms with Crippen LogP contribution in [0.25, 0.3) is 10.1 Å². The Morgan fingerprint density at radius 3 is 2.80 bits per heavy atom. The Bertz CT molecular complexity index is 526. The highest BCUT2D eigenvalue weighted by molar-refractivity contribution is 7.21. The van der Waals surface area contributed by atoms with E-state index in [-0.39, 0.29) is 0 Å². The molecular weight excluding hydrogens is 208 g/mol. The predicted molar refractivity (Wildman–Crippen MR) is 62.9 cm³/mol. The van der Waals surface area contributed by atoms with E-state index in [0.717, 1.165) is 22.1 Å². The second kappa shape index (κ2) is 3.66. The van der Waals surface area contributed by atoms with Gasteiger partial charge in [-0.05, 0) is 30.4 Å². The summed E-state index contributed by atoms with van der Waals surface area (Å²) in [6.07, 6.45) is 0.769. The molecule has 2 rings (SSSR count). The largest absolute Gasteiger partial charge is 0.477 e. The van der Waals surface area contributed by atoms with Gasteiger partial charge in [0.2, 0.25) is 0 Å². The number of carboxylic acid groups (broad SMARTS) is 1. The normalized spacial score (nSPS) is 10.8. The number of fused-ring (bicyclic) bond motifs is 1. The van der Waals surface area contributed by atoms with Crippen molar-refractivity contribution in [1.82, 2.24) is 0 Å². The molecule has 3 heteroatoms. The van der Waals surface area contributed by atoms with Gasteiger partial charge >= 0.3 is 5.97 Å². The summed E-state index contributed by atoms with van der Waals surface area (Å²) in [6, 6.07) is 6.09. The summed E-state index contributed by atoms with van der Waals surface area (Å²) in [4.78, 5) is 11.5. The van der Waals surface area contributed by atoms with E-state index in [9.17, 15) is 4.79 Å². The van der Waals surface area contributed by atoms with Crippen LogP contribution in [0, 0.1) is 6.92 Å². The average Bonchev–Trinajstić information content (AvgIpc) is 2.55. The predicted octanol–water partition coefficient (Wildman–Crippen LogP) is 3.47. The molecule has 0 atom stereocenters. The third kappa shape index (κ3) is 1.63. The first kappa shape index (κ1) is 10.2. The fraction of sp³-hybridized carbons (Fsp3) is 0.250. The van der Waals surface area contributed by atoms with Crippen molar-refractivity contribution < 1.29 is 9.90 Å². The SMILES string of the molecule is CCc1c(C(=O)O)sc2ccc(C)cc12. The van der Waals surface area contributed by atoms with Crippen molar-refractivity contribution in [3.05, 3.63) is 34.2 Å². The van der Waals surface area contributed by atoms with Crippen LogP contribution >= 0.6 is 11.3 Å². The second-order valence-corrected chi connectivity index (χ2v) is 4.62. The minimum Gasteiger partial charge on any atom is -0.477 e. The Morgan fingerprint density at radius 2 is 2.20 bits per heavy atom. The van der Waals surface area contributed by atoms with Gasteiger partial charge < -0.3 is 5.11 Å². The summed E-state index contributed by atoms with van der Waals surface area (Å²) >= 11 is 1.37. The third-order valence-electron chi connectivity index (χ3n) is 2.49. The first-order valence-electron chi connectivity index (χ1n) is 4.88. The Kier molecular flexibility index (Phi) is 2.49. The molecule has 15 heavy (non-hydrogen) atoms. The Hall–Kier alpha value is -1.35. The van der Waals surface area contributed by atoms with Crippen molar-refractivity contribution in [2.24, 2.45) is 0 Å². The van der Waals surface area contributed by atoms with Gasteiger partial charge in [-0.3, -0.25) is 0 Å². The molecule has 0 spiro atoms. The van der Waals surface area contributed by atoms with E-state index in [1.54, 1.807) is 0 Å². The van der Waals surface area contributed by atoms with Crippen LogP contribution in [-0.4, -0.2) is 11.1 Å². The standard InChI is InChI=1S/C12H12O2S/c1-3-8-9-6-7(2)4-5-10(9)15-11(8)12(13)14/h4-6H,3H2,1-2H3,(H,13,14). The molecule has 0 aliphatic rings. The van der Waals surface area contributed by atoms with Crippen LogP contribution in [0.5, 0.6) is 0 Å². The lowest BCUT2D eigenvalue weighted by molar-refractivity contribution is 0.0701. The molecule has 1 heterocycles. The second-order valence-electron chi connectivity index (χ2n) is 3.57. The molecule has 0 saturated carbocycles. The smallest absolute Gasteiger partial charge is 0.346 e. The summed E-state index contributed by atoms with van der Waals surface area (Å²) in [5.41, 5.74) is 2.14. The van der Waals surface area contributed by atoms with Crippen molar-refractivity contribution in [2.45, 2.75) is 20.3 Å². The molecule has 1 aromatic heterocycles. The maximum atomic E-state index is 11.0. The highest BCUT2D eigenvalue weighted by atomic mass is 32.1. The summed E-state index contributed by atoms with van der Waals surface area (Å²) in [6.45, 7) is 4.02. The van der Waals surface area contributed by atoms with Crippen LogP contribution in [0.4, 0.5) is 0 Å². The third-order valence-corrected chi connectivity index (χ3v) is 3.70. The molecule has 78 valence electrons. The molecule has 0 bridgehead atoms. The minimum atomic E-state index is -0.814. The fourth-order valence-electron chi connectivity index (χ4n) is 1.79. The topological polar surface area (TPSA) is 37.3 Å². The van der Waals surface area contributed by atoms with E-state index in [4.69, 9.17) is 5.11 Å². The van der Waals surface area contributed by atoms with Gasteiger partial charge in [-0.1, -0.05) is 24.6 Å². The molecule has 1 N–H and O–H groups in total. The number of carbonyl (C=O) groups is 1. The fourth-order valence-corrected chi connectivity index (χ4v) is 2.90. The zero-order valence-electron chi connectivity index (χ0n) is 8.70. The summed E-state index contributed by atoms with van der Waals surface area (Å²) < 4.78 is 1.06. The number of hydrogen-bond donors (Lipinski definition) is 1. The van der Waals surface area contributed by atoms with Crippen molar-refractivity contribution in [3.63, 3.8) is 0 Å². The number of hydrogen-bond acceptors (Lipinski definition) is 2. The zero-order chi connectivity index (χ0) is 11.0. The molecule has 0 fully saturated rings. The van der Waals surface area contributed by atoms with Crippen LogP contribution in [0.3, 0.4) is 0 Å². The summed E-state index contributed by atoms with van der Waals surface area (Å²) in [7, 11) is 0. The summed E-state index contributed by atoms with van der Waals surface area (Å²) in [5, 5.41) is 10.2. The lowest BCUT2D eigenvalue weighted by Crippen LogP contribution is -1.96. The maximum Gasteiger partial charge on any atom is 0.346 e. The lowest BCUT2D eigenvalue weighted by Gasteiger charge is -1.97. The molecule has 2 aromatic rings. The Labute approximate surface area is 92.2 Å². The van der Waals surface area contributed by atoms with E-state index in [1.165, 1.54) is 16.9 Å². The maximum absolute atomic E-state index is 11.0. The molecular formula is C12H12O2S. The van der Waals surface area contributed by atoms with E-state index >= 15 is 0 Å². The molecule has 0 amide bonds. The highest BCUT2D eigenvalue weighted by Gasteiger charge is 2.15. The molecule has 0 unspecified atom stereocenters. The molecule has 0 aliphatic heterocycles. The zero-order valence-corrected chi connectivity index (χ0v) is 9.52. The van der Waals surface area contributed by atoms with Gasteiger partial charge in [0.1, 0.15) is 4.88 Å². The van der Waals surface area contributed by atoms with Crippen molar-refractivity contribution in [1.29, 1.82) is 0 Å². The van der Waals surface area contributed by atoms with E-state index in [0.29, 0.717) is 4.88 Å². The van der Waals surface area contributed by atoms with E-state index < -0.39 is 5.97 Å². The number of thiophene rings is 1. The van der Waals surface area contributed by atoms with E-state index in [2.05, 4.69) is 6.07 Å². The molecule has 0 saturated heterocycles. The average molecular weight is 220 g/mol. The van der Waals surface area contributed by atoms with Crippen LogP contribution in [0.1, 0.15) is 27.7 Å². The quantitative estimate of drug-likeness (QED) is 0.841. The molecule has 1 aromatic carbocycles. The van der Waals surface area contributed by atoms with Crippen LogP contribution in [0.15, 0.2) is 18.2 Å².